The number of aromatic nitrogens is 2. The van der Waals surface area contributed by atoms with Crippen LogP contribution in [0.3, 0.4) is 0 Å². The summed E-state index contributed by atoms with van der Waals surface area (Å²) in [6, 6.07) is 0. The molecule has 0 atom stereocenters. The second-order valence-corrected chi connectivity index (χ2v) is 4.67. The van der Waals surface area contributed by atoms with Crippen LogP contribution in [0, 0.1) is 5.92 Å². The Morgan fingerprint density at radius 2 is 2.22 bits per heavy atom. The van der Waals surface area contributed by atoms with Crippen LogP contribution in [0.2, 0.25) is 0 Å². The Morgan fingerprint density at radius 3 is 2.78 bits per heavy atom. The number of rotatable bonds is 3. The summed E-state index contributed by atoms with van der Waals surface area (Å²) in [4.78, 5) is 25.2. The molecule has 0 radical (unpaired) electrons. The van der Waals surface area contributed by atoms with Crippen LogP contribution in [0.25, 0.3) is 0 Å². The number of ether oxygens (including phenoxy) is 1. The first-order valence-corrected chi connectivity index (χ1v) is 6.69. The molecule has 18 heavy (non-hydrogen) atoms. The lowest BCUT2D eigenvalue weighted by atomic mass is 9.97. The predicted octanol–water partition coefficient (Wildman–Crippen LogP) is 0.953. The fraction of sp³-hybridized carbons (Fsp3) is 0.636. The summed E-state index contributed by atoms with van der Waals surface area (Å²) in [5, 5.41) is 0. The average molecular weight is 269 g/mol. The van der Waals surface area contributed by atoms with E-state index in [0.717, 1.165) is 11.7 Å². The molecule has 6 nitrogen and oxygen atoms in total. The van der Waals surface area contributed by atoms with E-state index in [1.807, 2.05) is 0 Å². The number of esters is 1. The fourth-order valence-corrected chi connectivity index (χ4v) is 2.41. The minimum atomic E-state index is -0.153. The second-order valence-electron chi connectivity index (χ2n) is 4.11. The quantitative estimate of drug-likeness (QED) is 0.764. The van der Waals surface area contributed by atoms with Gasteiger partial charge in [0, 0.05) is 13.1 Å². The summed E-state index contributed by atoms with van der Waals surface area (Å²) in [6.45, 7) is 3.34. The van der Waals surface area contributed by atoms with E-state index in [0.29, 0.717) is 38.2 Å². The third-order valence-electron chi connectivity index (χ3n) is 2.98. The van der Waals surface area contributed by atoms with Gasteiger partial charge in [0.2, 0.25) is 0 Å². The zero-order valence-electron chi connectivity index (χ0n) is 10.2. The van der Waals surface area contributed by atoms with Crippen LogP contribution in [-0.2, 0) is 9.53 Å². The predicted molar refractivity (Wildman–Crippen MR) is 65.2 cm³/mol. The van der Waals surface area contributed by atoms with Crippen LogP contribution in [-0.4, -0.2) is 45.2 Å². The first-order chi connectivity index (χ1) is 8.72. The summed E-state index contributed by atoms with van der Waals surface area (Å²) in [6.07, 6.45) is 2.79. The van der Waals surface area contributed by atoms with Crippen molar-refractivity contribution in [3.05, 3.63) is 11.9 Å². The molecule has 1 aromatic rings. The maximum absolute atomic E-state index is 12.0. The number of amides is 1. The van der Waals surface area contributed by atoms with Crippen LogP contribution in [0.5, 0.6) is 0 Å². The molecule has 0 aliphatic carbocycles. The van der Waals surface area contributed by atoms with Gasteiger partial charge in [0.1, 0.15) is 0 Å². The summed E-state index contributed by atoms with van der Waals surface area (Å²) in [5.41, 5.74) is 0.384. The molecule has 1 amide bonds. The monoisotopic (exact) mass is 269 g/mol. The topological polar surface area (TPSA) is 72.4 Å². The van der Waals surface area contributed by atoms with Crippen molar-refractivity contribution in [2.24, 2.45) is 5.92 Å². The van der Waals surface area contributed by atoms with Crippen molar-refractivity contribution >= 4 is 23.6 Å². The zero-order chi connectivity index (χ0) is 13.0. The molecule has 1 fully saturated rings. The molecule has 0 spiro atoms. The van der Waals surface area contributed by atoms with Crippen molar-refractivity contribution in [1.82, 2.24) is 13.6 Å². The van der Waals surface area contributed by atoms with Crippen LogP contribution in [0.4, 0.5) is 0 Å². The van der Waals surface area contributed by atoms with Gasteiger partial charge in [-0.1, -0.05) is 0 Å². The summed E-state index contributed by atoms with van der Waals surface area (Å²) in [7, 11) is 0. The average Bonchev–Trinajstić information content (AvgIpc) is 2.92. The van der Waals surface area contributed by atoms with E-state index in [-0.39, 0.29) is 17.8 Å². The molecule has 2 heterocycles. The molecule has 1 aromatic heterocycles. The SMILES string of the molecule is CCOC(=O)C1CCN(C(=O)c2cnsn2)CC1. The smallest absolute Gasteiger partial charge is 0.309 e. The van der Waals surface area contributed by atoms with Crippen LogP contribution in [0.15, 0.2) is 6.20 Å². The van der Waals surface area contributed by atoms with Gasteiger partial charge in [-0.25, -0.2) is 0 Å². The van der Waals surface area contributed by atoms with Gasteiger partial charge in [0.25, 0.3) is 5.91 Å². The van der Waals surface area contributed by atoms with E-state index < -0.39 is 0 Å². The second kappa shape index (κ2) is 5.90. The van der Waals surface area contributed by atoms with Crippen molar-refractivity contribution in [1.29, 1.82) is 0 Å². The first-order valence-electron chi connectivity index (χ1n) is 5.96. The Morgan fingerprint density at radius 1 is 1.50 bits per heavy atom. The fourth-order valence-electron chi connectivity index (χ4n) is 2.00. The standard InChI is InChI=1S/C11H15N3O3S/c1-2-17-11(16)8-3-5-14(6-4-8)10(15)9-7-12-18-13-9/h7-8H,2-6H2,1H3. The molecule has 98 valence electrons. The van der Waals surface area contributed by atoms with Crippen LogP contribution >= 0.6 is 11.7 Å². The highest BCUT2D eigenvalue weighted by molar-refractivity contribution is 6.99. The van der Waals surface area contributed by atoms with Crippen LogP contribution in [0.1, 0.15) is 30.3 Å². The van der Waals surface area contributed by atoms with Gasteiger partial charge < -0.3 is 9.64 Å². The van der Waals surface area contributed by atoms with E-state index in [9.17, 15) is 9.59 Å². The van der Waals surface area contributed by atoms with Gasteiger partial charge in [0.05, 0.1) is 30.4 Å². The minimum Gasteiger partial charge on any atom is -0.466 e. The molecule has 0 N–H and O–H groups in total. The largest absolute Gasteiger partial charge is 0.466 e. The van der Waals surface area contributed by atoms with Gasteiger partial charge in [-0.15, -0.1) is 0 Å². The van der Waals surface area contributed by atoms with Gasteiger partial charge >= 0.3 is 5.97 Å². The maximum Gasteiger partial charge on any atom is 0.309 e. The third kappa shape index (κ3) is 2.84. The van der Waals surface area contributed by atoms with E-state index in [1.165, 1.54) is 6.20 Å². The molecule has 1 aliphatic heterocycles. The van der Waals surface area contributed by atoms with Gasteiger partial charge in [-0.3, -0.25) is 9.59 Å². The summed E-state index contributed by atoms with van der Waals surface area (Å²) >= 11 is 1.02. The van der Waals surface area contributed by atoms with Crippen molar-refractivity contribution in [2.45, 2.75) is 19.8 Å². The number of hydrogen-bond donors (Lipinski definition) is 0. The molecule has 2 rings (SSSR count). The first kappa shape index (κ1) is 12.9. The molecule has 1 saturated heterocycles. The van der Waals surface area contributed by atoms with E-state index >= 15 is 0 Å². The molecular weight excluding hydrogens is 254 g/mol. The van der Waals surface area contributed by atoms with E-state index in [2.05, 4.69) is 8.75 Å². The lowest BCUT2D eigenvalue weighted by molar-refractivity contribution is -0.149. The summed E-state index contributed by atoms with van der Waals surface area (Å²) in [5.74, 6) is -0.339. The molecule has 7 heteroatoms. The molecule has 1 aliphatic rings. The van der Waals surface area contributed by atoms with Gasteiger partial charge in [0.15, 0.2) is 5.69 Å². The molecule has 0 unspecified atom stereocenters. The maximum atomic E-state index is 12.0. The number of hydrogen-bond acceptors (Lipinski definition) is 6. The highest BCUT2D eigenvalue weighted by Crippen LogP contribution is 2.20. The number of carbonyl (C=O) groups is 2. The number of piperidine rings is 1. The molecule has 0 saturated carbocycles. The van der Waals surface area contributed by atoms with Crippen molar-refractivity contribution < 1.29 is 14.3 Å². The molecular formula is C11H15N3O3S. The van der Waals surface area contributed by atoms with Crippen molar-refractivity contribution in [2.75, 3.05) is 19.7 Å². The van der Waals surface area contributed by atoms with Crippen LogP contribution < -0.4 is 0 Å². The molecule has 0 aromatic carbocycles. The lowest BCUT2D eigenvalue weighted by Crippen LogP contribution is -2.40. The molecule has 0 bridgehead atoms. The summed E-state index contributed by atoms with van der Waals surface area (Å²) < 4.78 is 12.7. The Hall–Kier alpha value is -1.50. The Labute approximate surface area is 109 Å². The van der Waals surface area contributed by atoms with Gasteiger partial charge in [-0.05, 0) is 19.8 Å². The lowest BCUT2D eigenvalue weighted by Gasteiger charge is -2.30. The Bertz CT molecular complexity index is 413. The number of carbonyl (C=O) groups excluding carboxylic acids is 2. The highest BCUT2D eigenvalue weighted by atomic mass is 32.1. The number of likely N-dealkylation sites (tertiary alicyclic amines) is 1. The van der Waals surface area contributed by atoms with Gasteiger partial charge in [-0.2, -0.15) is 8.75 Å². The number of nitrogens with zero attached hydrogens (tertiary/aromatic N) is 3. The van der Waals surface area contributed by atoms with E-state index in [1.54, 1.807) is 11.8 Å². The zero-order valence-corrected chi connectivity index (χ0v) is 11.0. The Kier molecular flexibility index (Phi) is 4.24. The van der Waals surface area contributed by atoms with E-state index in [4.69, 9.17) is 4.74 Å². The Balaban J connectivity index is 1.87. The highest BCUT2D eigenvalue weighted by Gasteiger charge is 2.29. The third-order valence-corrected chi connectivity index (χ3v) is 3.46. The van der Waals surface area contributed by atoms with Crippen molar-refractivity contribution in [3.63, 3.8) is 0 Å². The van der Waals surface area contributed by atoms with Crippen molar-refractivity contribution in [3.8, 4) is 0 Å². The normalized spacial score (nSPS) is 16.6. The minimum absolute atomic E-state index is 0.0810.